The largest absolute Gasteiger partial charge is 0.342 e. The van der Waals surface area contributed by atoms with Crippen LogP contribution in [-0.4, -0.2) is 10.4 Å². The van der Waals surface area contributed by atoms with Gasteiger partial charge < -0.3 is 4.57 Å². The maximum Gasteiger partial charge on any atom is 0.167 e. The second kappa shape index (κ2) is 6.17. The predicted octanol–water partition coefficient (Wildman–Crippen LogP) is 5.32. The summed E-state index contributed by atoms with van der Waals surface area (Å²) in [7, 11) is 0. The summed E-state index contributed by atoms with van der Waals surface area (Å²) in [6.07, 6.45) is 1.80. The molecule has 0 saturated heterocycles. The molecule has 2 nitrogen and oxygen atoms in total. The van der Waals surface area contributed by atoms with Crippen LogP contribution in [0.1, 0.15) is 29.8 Å². The minimum absolute atomic E-state index is 0.0829. The van der Waals surface area contributed by atoms with E-state index in [9.17, 15) is 9.18 Å². The average Bonchev–Trinajstić information content (AvgIpc) is 2.89. The van der Waals surface area contributed by atoms with Gasteiger partial charge >= 0.3 is 0 Å². The van der Waals surface area contributed by atoms with Crippen LogP contribution >= 0.6 is 11.6 Å². The Morgan fingerprint density at radius 1 is 1.17 bits per heavy atom. The normalized spacial score (nSPS) is 11.3. The summed E-state index contributed by atoms with van der Waals surface area (Å²) >= 11 is 6.13. The third kappa shape index (κ3) is 2.89. The lowest BCUT2D eigenvalue weighted by atomic mass is 10.0. The molecular formula is C19H17ClFNO. The Labute approximate surface area is 139 Å². The Morgan fingerprint density at radius 2 is 1.91 bits per heavy atom. The molecule has 0 bridgehead atoms. The molecule has 0 aliphatic heterocycles. The van der Waals surface area contributed by atoms with Gasteiger partial charge in [0.15, 0.2) is 5.78 Å². The van der Waals surface area contributed by atoms with Crippen molar-refractivity contribution in [1.82, 2.24) is 4.57 Å². The fourth-order valence-electron chi connectivity index (χ4n) is 2.74. The molecule has 0 radical (unpaired) electrons. The number of ketones is 1. The van der Waals surface area contributed by atoms with Gasteiger partial charge in [0.05, 0.1) is 6.54 Å². The van der Waals surface area contributed by atoms with Crippen LogP contribution in [0.15, 0.2) is 48.7 Å². The molecule has 0 unspecified atom stereocenters. The average molecular weight is 330 g/mol. The van der Waals surface area contributed by atoms with E-state index in [1.165, 1.54) is 6.07 Å². The number of benzene rings is 2. The SMILES string of the molecule is CC(C)C(=O)c1cn(Cc2c(F)cccc2Cl)c2ccccc12. The van der Waals surface area contributed by atoms with Gasteiger partial charge in [-0.1, -0.05) is 49.7 Å². The van der Waals surface area contributed by atoms with Crippen molar-refractivity contribution in [3.63, 3.8) is 0 Å². The predicted molar refractivity (Wildman–Crippen MR) is 91.6 cm³/mol. The number of Topliss-reactive ketones (excluding diaryl/α,β-unsaturated/α-hetero) is 1. The first kappa shape index (κ1) is 15.8. The van der Waals surface area contributed by atoms with Crippen molar-refractivity contribution < 1.29 is 9.18 Å². The van der Waals surface area contributed by atoms with Gasteiger partial charge in [-0.05, 0) is 18.2 Å². The Balaban J connectivity index is 2.14. The summed E-state index contributed by atoms with van der Waals surface area (Å²) in [6, 6.07) is 12.3. The van der Waals surface area contributed by atoms with Crippen molar-refractivity contribution in [1.29, 1.82) is 0 Å². The first-order valence-corrected chi connectivity index (χ1v) is 7.92. The number of hydrogen-bond donors (Lipinski definition) is 0. The third-order valence-electron chi connectivity index (χ3n) is 3.97. The number of hydrogen-bond acceptors (Lipinski definition) is 1. The van der Waals surface area contributed by atoms with E-state index in [1.54, 1.807) is 18.3 Å². The highest BCUT2D eigenvalue weighted by Gasteiger charge is 2.18. The molecule has 0 aliphatic rings. The van der Waals surface area contributed by atoms with Gasteiger partial charge in [-0.3, -0.25) is 4.79 Å². The van der Waals surface area contributed by atoms with Gasteiger partial charge in [-0.25, -0.2) is 4.39 Å². The van der Waals surface area contributed by atoms with Crippen LogP contribution in [0.25, 0.3) is 10.9 Å². The zero-order valence-corrected chi connectivity index (χ0v) is 13.8. The summed E-state index contributed by atoms with van der Waals surface area (Å²) in [5.41, 5.74) is 2.00. The minimum Gasteiger partial charge on any atom is -0.342 e. The number of rotatable bonds is 4. The number of para-hydroxylation sites is 1. The van der Waals surface area contributed by atoms with Crippen LogP contribution in [0.5, 0.6) is 0 Å². The molecule has 23 heavy (non-hydrogen) atoms. The number of carbonyl (C=O) groups is 1. The third-order valence-corrected chi connectivity index (χ3v) is 4.32. The maximum atomic E-state index is 14.1. The van der Waals surface area contributed by atoms with Crippen LogP contribution < -0.4 is 0 Å². The van der Waals surface area contributed by atoms with E-state index in [2.05, 4.69) is 0 Å². The van der Waals surface area contributed by atoms with Crippen molar-refractivity contribution >= 4 is 28.3 Å². The van der Waals surface area contributed by atoms with Gasteiger partial charge in [-0.2, -0.15) is 0 Å². The van der Waals surface area contributed by atoms with E-state index in [4.69, 9.17) is 11.6 Å². The second-order valence-corrected chi connectivity index (χ2v) is 6.31. The topological polar surface area (TPSA) is 22.0 Å². The molecule has 0 fully saturated rings. The molecule has 118 valence electrons. The molecule has 0 aliphatic carbocycles. The van der Waals surface area contributed by atoms with Crippen LogP contribution in [0, 0.1) is 11.7 Å². The maximum absolute atomic E-state index is 14.1. The highest BCUT2D eigenvalue weighted by atomic mass is 35.5. The molecule has 0 saturated carbocycles. The molecule has 3 aromatic rings. The van der Waals surface area contributed by atoms with E-state index < -0.39 is 0 Å². The summed E-state index contributed by atoms with van der Waals surface area (Å²) in [6.45, 7) is 4.04. The summed E-state index contributed by atoms with van der Waals surface area (Å²) in [5.74, 6) is -0.349. The lowest BCUT2D eigenvalue weighted by Crippen LogP contribution is -2.07. The molecule has 3 rings (SSSR count). The molecular weight excluding hydrogens is 313 g/mol. The van der Waals surface area contributed by atoms with Crippen molar-refractivity contribution in [2.45, 2.75) is 20.4 Å². The Bertz CT molecular complexity index is 862. The zero-order valence-electron chi connectivity index (χ0n) is 13.0. The smallest absolute Gasteiger partial charge is 0.167 e. The van der Waals surface area contributed by atoms with Crippen molar-refractivity contribution in [3.8, 4) is 0 Å². The number of fused-ring (bicyclic) bond motifs is 1. The highest BCUT2D eigenvalue weighted by molar-refractivity contribution is 6.31. The van der Waals surface area contributed by atoms with Crippen LogP contribution in [0.4, 0.5) is 4.39 Å². The summed E-state index contributed by atoms with van der Waals surface area (Å²) < 4.78 is 15.9. The number of halogens is 2. The quantitative estimate of drug-likeness (QED) is 0.594. The first-order chi connectivity index (χ1) is 11.0. The van der Waals surface area contributed by atoms with E-state index in [-0.39, 0.29) is 24.1 Å². The van der Waals surface area contributed by atoms with Crippen LogP contribution in [0.3, 0.4) is 0 Å². The molecule has 1 aromatic heterocycles. The van der Waals surface area contributed by atoms with Gasteiger partial charge in [0.2, 0.25) is 0 Å². The van der Waals surface area contributed by atoms with Gasteiger partial charge in [0.25, 0.3) is 0 Å². The zero-order chi connectivity index (χ0) is 16.6. The Morgan fingerprint density at radius 3 is 2.61 bits per heavy atom. The van der Waals surface area contributed by atoms with Gasteiger partial charge in [0, 0.05) is 39.2 Å². The Hall–Kier alpha value is -2.13. The highest BCUT2D eigenvalue weighted by Crippen LogP contribution is 2.27. The van der Waals surface area contributed by atoms with Gasteiger partial charge in [0.1, 0.15) is 5.82 Å². The standard InChI is InChI=1S/C19H17ClFNO/c1-12(2)19(23)14-10-22(18-9-4-3-6-13(14)18)11-15-16(20)7-5-8-17(15)21/h3-10,12H,11H2,1-2H3. The molecule has 0 N–H and O–H groups in total. The summed E-state index contributed by atoms with van der Waals surface area (Å²) in [4.78, 5) is 12.4. The molecule has 1 heterocycles. The van der Waals surface area contributed by atoms with Crippen molar-refractivity contribution in [3.05, 3.63) is 70.6 Å². The lowest BCUT2D eigenvalue weighted by molar-refractivity contribution is 0.0941. The molecule has 4 heteroatoms. The first-order valence-electron chi connectivity index (χ1n) is 7.54. The van der Waals surface area contributed by atoms with Crippen molar-refractivity contribution in [2.24, 2.45) is 5.92 Å². The monoisotopic (exact) mass is 329 g/mol. The minimum atomic E-state index is -0.341. The lowest BCUT2D eigenvalue weighted by Gasteiger charge is -2.08. The molecule has 2 aromatic carbocycles. The van der Waals surface area contributed by atoms with Crippen LogP contribution in [0.2, 0.25) is 5.02 Å². The fraction of sp³-hybridized carbons (Fsp3) is 0.211. The van der Waals surface area contributed by atoms with Crippen LogP contribution in [-0.2, 0) is 6.54 Å². The molecule has 0 amide bonds. The number of nitrogens with zero attached hydrogens (tertiary/aromatic N) is 1. The van der Waals surface area contributed by atoms with Gasteiger partial charge in [-0.15, -0.1) is 0 Å². The fourth-order valence-corrected chi connectivity index (χ4v) is 2.96. The molecule has 0 spiro atoms. The number of aromatic nitrogens is 1. The molecule has 0 atom stereocenters. The van der Waals surface area contributed by atoms with E-state index in [0.717, 1.165) is 10.9 Å². The second-order valence-electron chi connectivity index (χ2n) is 5.91. The summed E-state index contributed by atoms with van der Waals surface area (Å²) in [5, 5.41) is 1.28. The Kier molecular flexibility index (Phi) is 4.22. The number of carbonyl (C=O) groups excluding carboxylic acids is 1. The van der Waals surface area contributed by atoms with Crippen molar-refractivity contribution in [2.75, 3.05) is 0 Å². The van der Waals surface area contributed by atoms with E-state index in [1.807, 2.05) is 42.7 Å². The van der Waals surface area contributed by atoms with E-state index in [0.29, 0.717) is 16.1 Å². The van der Waals surface area contributed by atoms with E-state index >= 15 is 0 Å².